The fourth-order valence-electron chi connectivity index (χ4n) is 3.83. The van der Waals surface area contributed by atoms with Gasteiger partial charge in [0.15, 0.2) is 0 Å². The summed E-state index contributed by atoms with van der Waals surface area (Å²) in [7, 11) is 1.37. The molecule has 6 heteroatoms. The van der Waals surface area contributed by atoms with Crippen LogP contribution in [0.1, 0.15) is 39.2 Å². The first kappa shape index (κ1) is 18.8. The average molecular weight is 387 g/mol. The van der Waals surface area contributed by atoms with E-state index in [4.69, 9.17) is 10.00 Å². The second-order valence-corrected chi connectivity index (χ2v) is 7.21. The molecular weight excluding hydrogens is 366 g/mol. The minimum atomic E-state index is -0.368. The lowest BCUT2D eigenvalue weighted by molar-refractivity contribution is -0.132. The number of amides is 1. The molecule has 0 aliphatic carbocycles. The van der Waals surface area contributed by atoms with E-state index < -0.39 is 0 Å². The van der Waals surface area contributed by atoms with E-state index >= 15 is 0 Å². The van der Waals surface area contributed by atoms with Crippen molar-refractivity contribution in [3.8, 4) is 6.07 Å². The molecule has 1 aliphatic rings. The first-order chi connectivity index (χ1) is 14.1. The second kappa shape index (κ2) is 7.80. The maximum absolute atomic E-state index is 12.8. The lowest BCUT2D eigenvalue weighted by atomic mass is 10.0. The number of hydrogen-bond acceptors (Lipinski definition) is 4. The molecule has 2 aromatic carbocycles. The summed E-state index contributed by atoms with van der Waals surface area (Å²) in [4.78, 5) is 29.9. The van der Waals surface area contributed by atoms with Crippen LogP contribution in [0, 0.1) is 11.3 Å². The summed E-state index contributed by atoms with van der Waals surface area (Å²) in [6.45, 7) is 1.21. The summed E-state index contributed by atoms with van der Waals surface area (Å²) in [5.41, 5.74) is 5.33. The molecular formula is C23H21N3O3. The van der Waals surface area contributed by atoms with Crippen LogP contribution in [0.3, 0.4) is 0 Å². The molecule has 0 unspecified atom stereocenters. The second-order valence-electron chi connectivity index (χ2n) is 7.21. The van der Waals surface area contributed by atoms with E-state index in [0.29, 0.717) is 37.1 Å². The van der Waals surface area contributed by atoms with Crippen molar-refractivity contribution < 1.29 is 14.3 Å². The zero-order valence-electron chi connectivity index (χ0n) is 16.2. The largest absolute Gasteiger partial charge is 0.465 e. The number of aryl methyl sites for hydroxylation is 1. The van der Waals surface area contributed by atoms with Crippen LogP contribution in [0.15, 0.2) is 42.5 Å². The number of H-pyrrole nitrogens is 1. The minimum Gasteiger partial charge on any atom is -0.465 e. The first-order valence-corrected chi connectivity index (χ1v) is 9.57. The van der Waals surface area contributed by atoms with E-state index in [1.165, 1.54) is 7.11 Å². The Bertz CT molecular complexity index is 1120. The van der Waals surface area contributed by atoms with E-state index in [9.17, 15) is 9.59 Å². The van der Waals surface area contributed by atoms with Gasteiger partial charge >= 0.3 is 5.97 Å². The van der Waals surface area contributed by atoms with Crippen LogP contribution >= 0.6 is 0 Å². The van der Waals surface area contributed by atoms with Gasteiger partial charge in [0.25, 0.3) is 0 Å². The number of rotatable bonds is 4. The Morgan fingerprint density at radius 1 is 1.21 bits per heavy atom. The van der Waals surface area contributed by atoms with Crippen molar-refractivity contribution in [2.75, 3.05) is 13.7 Å². The molecule has 1 amide bonds. The molecule has 0 spiro atoms. The summed E-state index contributed by atoms with van der Waals surface area (Å²) in [6.07, 6.45) is 1.84. The van der Waals surface area contributed by atoms with Crippen molar-refractivity contribution in [1.82, 2.24) is 9.88 Å². The maximum Gasteiger partial charge on any atom is 0.337 e. The highest BCUT2D eigenvalue weighted by Gasteiger charge is 2.24. The monoisotopic (exact) mass is 387 g/mol. The fraction of sp³-hybridized carbons (Fsp3) is 0.261. The fourth-order valence-corrected chi connectivity index (χ4v) is 3.83. The van der Waals surface area contributed by atoms with Crippen LogP contribution in [0.5, 0.6) is 0 Å². The predicted octanol–water partition coefficient (Wildman–Crippen LogP) is 3.34. The molecule has 0 atom stereocenters. The van der Waals surface area contributed by atoms with Gasteiger partial charge in [0, 0.05) is 48.1 Å². The Morgan fingerprint density at radius 3 is 2.72 bits per heavy atom. The third-order valence-electron chi connectivity index (χ3n) is 5.46. The zero-order valence-corrected chi connectivity index (χ0v) is 16.2. The van der Waals surface area contributed by atoms with Crippen molar-refractivity contribution in [3.05, 3.63) is 70.4 Å². The van der Waals surface area contributed by atoms with E-state index in [-0.39, 0.29) is 11.9 Å². The number of carbonyl (C=O) groups is 2. The van der Waals surface area contributed by atoms with Gasteiger partial charge in [-0.1, -0.05) is 12.1 Å². The molecule has 0 fully saturated rings. The van der Waals surface area contributed by atoms with Crippen LogP contribution in [-0.2, 0) is 28.9 Å². The van der Waals surface area contributed by atoms with Gasteiger partial charge in [-0.15, -0.1) is 0 Å². The van der Waals surface area contributed by atoms with E-state index in [2.05, 4.69) is 11.1 Å². The van der Waals surface area contributed by atoms with Crippen molar-refractivity contribution >= 4 is 22.8 Å². The molecule has 0 saturated carbocycles. The molecule has 0 bridgehead atoms. The van der Waals surface area contributed by atoms with Crippen molar-refractivity contribution in [1.29, 1.82) is 5.26 Å². The Labute approximate surface area is 168 Å². The number of benzene rings is 2. The lowest BCUT2D eigenvalue weighted by Crippen LogP contribution is -2.35. The molecule has 2 heterocycles. The van der Waals surface area contributed by atoms with Crippen LogP contribution in [0.25, 0.3) is 10.9 Å². The molecule has 4 rings (SSSR count). The number of ether oxygens (including phenoxy) is 1. The molecule has 146 valence electrons. The Balaban J connectivity index is 1.48. The van der Waals surface area contributed by atoms with Gasteiger partial charge < -0.3 is 14.6 Å². The lowest BCUT2D eigenvalue weighted by Gasteiger charge is -2.27. The van der Waals surface area contributed by atoms with Gasteiger partial charge in [-0.25, -0.2) is 4.79 Å². The van der Waals surface area contributed by atoms with E-state index in [1.807, 2.05) is 29.2 Å². The minimum absolute atomic E-state index is 0.110. The first-order valence-electron chi connectivity index (χ1n) is 9.57. The highest BCUT2D eigenvalue weighted by molar-refractivity contribution is 5.96. The Hall–Kier alpha value is -3.59. The zero-order chi connectivity index (χ0) is 20.4. The quantitative estimate of drug-likeness (QED) is 0.696. The van der Waals surface area contributed by atoms with Gasteiger partial charge in [0.05, 0.1) is 24.3 Å². The number of aromatic nitrogens is 1. The number of hydrogen-bond donors (Lipinski definition) is 1. The molecule has 29 heavy (non-hydrogen) atoms. The standard InChI is InChI=1S/C23H21N3O3/c1-29-23(28)17-7-8-20-18(12-17)19-14-26(11-10-21(19)25-20)22(27)9-6-15-2-4-16(13-24)5-3-15/h2-5,7-8,12,25H,6,9-11,14H2,1H3. The number of nitriles is 1. The molecule has 3 aromatic rings. The molecule has 1 aliphatic heterocycles. The number of fused-ring (bicyclic) bond motifs is 3. The topological polar surface area (TPSA) is 86.2 Å². The van der Waals surface area contributed by atoms with Crippen LogP contribution < -0.4 is 0 Å². The predicted molar refractivity (Wildman–Crippen MR) is 108 cm³/mol. The van der Waals surface area contributed by atoms with Gasteiger partial charge in [0.2, 0.25) is 5.91 Å². The van der Waals surface area contributed by atoms with Gasteiger partial charge in [-0.05, 0) is 42.3 Å². The normalized spacial score (nSPS) is 13.0. The number of esters is 1. The van der Waals surface area contributed by atoms with Crippen molar-refractivity contribution in [2.45, 2.75) is 25.8 Å². The number of methoxy groups -OCH3 is 1. The number of nitrogens with zero attached hydrogens (tertiary/aromatic N) is 2. The van der Waals surface area contributed by atoms with Crippen molar-refractivity contribution in [3.63, 3.8) is 0 Å². The summed E-state index contributed by atoms with van der Waals surface area (Å²) >= 11 is 0. The van der Waals surface area contributed by atoms with E-state index in [0.717, 1.165) is 34.1 Å². The summed E-state index contributed by atoms with van der Waals surface area (Å²) < 4.78 is 4.82. The van der Waals surface area contributed by atoms with Gasteiger partial charge in [-0.3, -0.25) is 4.79 Å². The Kier molecular flexibility index (Phi) is 5.05. The molecule has 0 radical (unpaired) electrons. The molecule has 0 saturated heterocycles. The van der Waals surface area contributed by atoms with Gasteiger partial charge in [0.1, 0.15) is 0 Å². The molecule has 1 N–H and O–H groups in total. The van der Waals surface area contributed by atoms with Crippen molar-refractivity contribution in [2.24, 2.45) is 0 Å². The van der Waals surface area contributed by atoms with Crippen LogP contribution in [0.2, 0.25) is 0 Å². The Morgan fingerprint density at radius 2 is 2.00 bits per heavy atom. The molecule has 6 nitrogen and oxygen atoms in total. The summed E-state index contributed by atoms with van der Waals surface area (Å²) in [5, 5.41) is 9.84. The average Bonchev–Trinajstić information content (AvgIpc) is 3.14. The number of carbonyl (C=O) groups excluding carboxylic acids is 2. The van der Waals surface area contributed by atoms with Crippen LogP contribution in [-0.4, -0.2) is 35.4 Å². The highest BCUT2D eigenvalue weighted by Crippen LogP contribution is 2.29. The summed E-state index contributed by atoms with van der Waals surface area (Å²) in [5.74, 6) is -0.258. The third-order valence-corrected chi connectivity index (χ3v) is 5.46. The van der Waals surface area contributed by atoms with E-state index in [1.54, 1.807) is 18.2 Å². The summed E-state index contributed by atoms with van der Waals surface area (Å²) in [6, 6.07) is 14.9. The smallest absolute Gasteiger partial charge is 0.337 e. The number of nitrogens with one attached hydrogen (secondary N) is 1. The third kappa shape index (κ3) is 3.72. The number of aromatic amines is 1. The van der Waals surface area contributed by atoms with Crippen LogP contribution in [0.4, 0.5) is 0 Å². The maximum atomic E-state index is 12.8. The SMILES string of the molecule is COC(=O)c1ccc2[nH]c3c(c2c1)CN(C(=O)CCc1ccc(C#N)cc1)CC3. The molecule has 1 aromatic heterocycles. The highest BCUT2D eigenvalue weighted by atomic mass is 16.5. The van der Waals surface area contributed by atoms with Gasteiger partial charge in [-0.2, -0.15) is 5.26 Å².